The lowest BCUT2D eigenvalue weighted by Gasteiger charge is -2.11. The second kappa shape index (κ2) is 9.05. The van der Waals surface area contributed by atoms with Crippen molar-refractivity contribution in [3.05, 3.63) is 78.0 Å². The molecule has 2 aromatic heterocycles. The Kier molecular flexibility index (Phi) is 5.64. The maximum absolute atomic E-state index is 13.0. The van der Waals surface area contributed by atoms with Crippen molar-refractivity contribution in [1.29, 1.82) is 0 Å². The number of fused-ring (bicyclic) bond motifs is 1. The second-order valence-electron chi connectivity index (χ2n) is 7.27. The molecule has 0 fully saturated rings. The summed E-state index contributed by atoms with van der Waals surface area (Å²) in [4.78, 5) is 17.7. The lowest BCUT2D eigenvalue weighted by Crippen LogP contribution is -2.32. The highest BCUT2D eigenvalue weighted by molar-refractivity contribution is 6.19. The number of hydrogen-bond acceptors (Lipinski definition) is 8. The summed E-state index contributed by atoms with van der Waals surface area (Å²) in [6.07, 6.45) is 0.675. The molecule has 5 rings (SSSR count). The molecule has 33 heavy (non-hydrogen) atoms. The zero-order valence-electron chi connectivity index (χ0n) is 17.8. The molecule has 10 nitrogen and oxygen atoms in total. The summed E-state index contributed by atoms with van der Waals surface area (Å²) in [5.74, 6) is -0.0612. The van der Waals surface area contributed by atoms with E-state index >= 15 is 0 Å². The average Bonchev–Trinajstić information content (AvgIpc) is 3.47. The van der Waals surface area contributed by atoms with E-state index < -0.39 is 6.17 Å². The van der Waals surface area contributed by atoms with Gasteiger partial charge in [-0.25, -0.2) is 4.99 Å². The Morgan fingerprint density at radius 1 is 1.09 bits per heavy atom. The lowest BCUT2D eigenvalue weighted by molar-refractivity contribution is -0.116. The third-order valence-corrected chi connectivity index (χ3v) is 5.12. The van der Waals surface area contributed by atoms with Crippen molar-refractivity contribution >= 4 is 23.3 Å². The fraction of sp³-hybridized carbons (Fsp3) is 0.174. The number of rotatable bonds is 7. The molecule has 0 bridgehead atoms. The van der Waals surface area contributed by atoms with Crippen LogP contribution in [0.5, 0.6) is 0 Å². The van der Waals surface area contributed by atoms with Gasteiger partial charge < -0.3 is 19.8 Å². The molecule has 3 heterocycles. The first kappa shape index (κ1) is 20.6. The van der Waals surface area contributed by atoms with Gasteiger partial charge in [-0.15, -0.1) is 5.10 Å². The van der Waals surface area contributed by atoms with E-state index in [9.17, 15) is 4.79 Å². The summed E-state index contributed by atoms with van der Waals surface area (Å²) in [5, 5.41) is 18.3. The Hall–Kier alpha value is -4.31. The molecular weight excluding hydrogens is 422 g/mol. The van der Waals surface area contributed by atoms with Crippen LogP contribution < -0.4 is 10.6 Å². The molecule has 166 valence electrons. The van der Waals surface area contributed by atoms with Crippen molar-refractivity contribution in [3.8, 4) is 11.6 Å². The summed E-state index contributed by atoms with van der Waals surface area (Å²) >= 11 is 0. The van der Waals surface area contributed by atoms with E-state index in [4.69, 9.17) is 14.1 Å². The monoisotopic (exact) mass is 443 g/mol. The number of amides is 1. The minimum atomic E-state index is -0.973. The van der Waals surface area contributed by atoms with Gasteiger partial charge in [-0.3, -0.25) is 9.48 Å². The summed E-state index contributed by atoms with van der Waals surface area (Å²) in [6.45, 7) is 1.03. The molecule has 2 N–H and O–H groups in total. The van der Waals surface area contributed by atoms with E-state index in [1.54, 1.807) is 24.1 Å². The highest BCUT2D eigenvalue weighted by Gasteiger charge is 2.27. The molecule has 1 unspecified atom stereocenters. The summed E-state index contributed by atoms with van der Waals surface area (Å²) in [5.41, 5.74) is 3.73. The number of methoxy groups -OCH3 is 1. The number of benzene rings is 2. The van der Waals surface area contributed by atoms with Crippen LogP contribution in [0.25, 0.3) is 11.6 Å². The number of benzodiazepines with no additional fused rings is 1. The molecule has 0 radical (unpaired) electrons. The molecular formula is C23H21N7O3. The van der Waals surface area contributed by atoms with Crippen molar-refractivity contribution in [3.63, 3.8) is 0 Å². The largest absolute Gasteiger partial charge is 0.402 e. The predicted molar refractivity (Wildman–Crippen MR) is 122 cm³/mol. The van der Waals surface area contributed by atoms with E-state index in [0.29, 0.717) is 30.2 Å². The number of anilines is 2. The first-order valence-corrected chi connectivity index (χ1v) is 10.4. The molecule has 1 amide bonds. The van der Waals surface area contributed by atoms with Crippen molar-refractivity contribution in [1.82, 2.24) is 20.0 Å². The summed E-state index contributed by atoms with van der Waals surface area (Å²) in [6, 6.07) is 19.1. The van der Waals surface area contributed by atoms with Gasteiger partial charge in [-0.1, -0.05) is 53.6 Å². The Labute approximate surface area is 189 Å². The Balaban J connectivity index is 1.45. The van der Waals surface area contributed by atoms with Gasteiger partial charge in [-0.2, -0.15) is 5.10 Å². The van der Waals surface area contributed by atoms with E-state index in [0.717, 1.165) is 11.1 Å². The quantitative estimate of drug-likeness (QED) is 0.451. The molecule has 0 saturated heterocycles. The van der Waals surface area contributed by atoms with Gasteiger partial charge in [0.05, 0.1) is 24.6 Å². The maximum atomic E-state index is 13.0. The van der Waals surface area contributed by atoms with Crippen LogP contribution in [-0.4, -0.2) is 51.5 Å². The molecule has 1 atom stereocenters. The third-order valence-electron chi connectivity index (χ3n) is 5.12. The van der Waals surface area contributed by atoms with Crippen LogP contribution in [0.4, 0.5) is 11.7 Å². The van der Waals surface area contributed by atoms with Crippen LogP contribution in [0.1, 0.15) is 11.1 Å². The Morgan fingerprint density at radius 2 is 1.91 bits per heavy atom. The molecule has 0 saturated carbocycles. The van der Waals surface area contributed by atoms with Crippen LogP contribution in [-0.2, 0) is 16.1 Å². The maximum Gasteiger partial charge on any atom is 0.317 e. The van der Waals surface area contributed by atoms with Crippen molar-refractivity contribution in [2.45, 2.75) is 12.7 Å². The van der Waals surface area contributed by atoms with Crippen LogP contribution in [0.15, 0.2) is 76.3 Å². The summed E-state index contributed by atoms with van der Waals surface area (Å²) < 4.78 is 12.6. The van der Waals surface area contributed by atoms with Crippen LogP contribution in [0.2, 0.25) is 0 Å². The molecule has 4 aromatic rings. The fourth-order valence-electron chi connectivity index (χ4n) is 3.55. The minimum absolute atomic E-state index is 0.0757. The Morgan fingerprint density at radius 3 is 2.76 bits per heavy atom. The van der Waals surface area contributed by atoms with Gasteiger partial charge >= 0.3 is 6.01 Å². The number of aromatic nitrogens is 4. The number of aliphatic imine (C=N–C) groups is 1. The van der Waals surface area contributed by atoms with Gasteiger partial charge in [0, 0.05) is 24.4 Å². The predicted octanol–water partition coefficient (Wildman–Crippen LogP) is 2.81. The van der Waals surface area contributed by atoms with Gasteiger partial charge in [0.15, 0.2) is 0 Å². The zero-order valence-corrected chi connectivity index (χ0v) is 17.8. The van der Waals surface area contributed by atoms with Crippen molar-refractivity contribution < 1.29 is 13.9 Å². The normalized spacial score (nSPS) is 15.4. The van der Waals surface area contributed by atoms with Crippen LogP contribution in [0.3, 0.4) is 0 Å². The first-order chi connectivity index (χ1) is 16.2. The molecule has 10 heteroatoms. The van der Waals surface area contributed by atoms with Gasteiger partial charge in [0.2, 0.25) is 6.17 Å². The molecule has 2 aromatic carbocycles. The SMILES string of the molecule is COCCn1nccc1-c1nnc(NC2N=C(c3ccccc3)c3ccccc3NC2=O)o1. The van der Waals surface area contributed by atoms with Crippen molar-refractivity contribution in [2.24, 2.45) is 4.99 Å². The van der Waals surface area contributed by atoms with E-state index in [2.05, 4.69) is 25.9 Å². The molecule has 1 aliphatic heterocycles. The van der Waals surface area contributed by atoms with E-state index in [1.807, 2.05) is 54.6 Å². The lowest BCUT2D eigenvalue weighted by atomic mass is 10.0. The zero-order chi connectivity index (χ0) is 22.6. The molecule has 0 spiro atoms. The highest BCUT2D eigenvalue weighted by atomic mass is 16.5. The standard InChI is InChI=1S/C23H21N7O3/c1-32-14-13-30-18(11-12-24-30)22-28-29-23(33-22)27-20-21(31)25-17-10-6-5-9-16(17)19(26-20)15-7-3-2-4-8-15/h2-12,20H,13-14H2,1H3,(H,25,31)(H,27,29). The average molecular weight is 443 g/mol. The highest BCUT2D eigenvalue weighted by Crippen LogP contribution is 2.25. The molecule has 1 aliphatic rings. The van der Waals surface area contributed by atoms with E-state index in [1.165, 1.54) is 0 Å². The van der Waals surface area contributed by atoms with Gasteiger partial charge in [0.25, 0.3) is 11.8 Å². The number of hydrogen-bond donors (Lipinski definition) is 2. The smallest absolute Gasteiger partial charge is 0.317 e. The molecule has 0 aliphatic carbocycles. The number of nitrogens with one attached hydrogen (secondary N) is 2. The number of para-hydroxylation sites is 1. The minimum Gasteiger partial charge on any atom is -0.402 e. The van der Waals surface area contributed by atoms with Gasteiger partial charge in [0.1, 0.15) is 5.69 Å². The summed E-state index contributed by atoms with van der Waals surface area (Å²) in [7, 11) is 1.62. The van der Waals surface area contributed by atoms with Crippen LogP contribution >= 0.6 is 0 Å². The Bertz CT molecular complexity index is 1300. The van der Waals surface area contributed by atoms with Crippen molar-refractivity contribution in [2.75, 3.05) is 24.4 Å². The van der Waals surface area contributed by atoms with E-state index in [-0.39, 0.29) is 17.8 Å². The van der Waals surface area contributed by atoms with Crippen LogP contribution in [0, 0.1) is 0 Å². The second-order valence-corrected chi connectivity index (χ2v) is 7.27. The topological polar surface area (TPSA) is 119 Å². The first-order valence-electron chi connectivity index (χ1n) is 10.4. The number of ether oxygens (including phenoxy) is 1. The number of nitrogens with zero attached hydrogens (tertiary/aromatic N) is 5. The van der Waals surface area contributed by atoms with Gasteiger partial charge in [-0.05, 0) is 12.1 Å². The third kappa shape index (κ3) is 4.23. The number of carbonyl (C=O) groups excluding carboxylic acids is 1. The number of carbonyl (C=O) groups is 1. The fourth-order valence-corrected chi connectivity index (χ4v) is 3.55.